The lowest BCUT2D eigenvalue weighted by Gasteiger charge is -2.11. The Kier molecular flexibility index (Phi) is 8.34. The van der Waals surface area contributed by atoms with Gasteiger partial charge in [0.2, 0.25) is 0 Å². The van der Waals surface area contributed by atoms with Crippen molar-refractivity contribution >= 4 is 44.2 Å². The third-order valence-corrected chi connectivity index (χ3v) is 11.8. The summed E-state index contributed by atoms with van der Waals surface area (Å²) in [6.45, 7) is 8.93. The van der Waals surface area contributed by atoms with Gasteiger partial charge in [-0.3, -0.25) is 0 Å². The average molecular weight is 735 g/mol. The molecule has 3 N–H and O–H groups in total. The van der Waals surface area contributed by atoms with Gasteiger partial charge in [-0.1, -0.05) is 152 Å². The largest absolute Gasteiger partial charge is 0.354 e. The lowest BCUT2D eigenvalue weighted by atomic mass is 9.90. The maximum absolute atomic E-state index is 5.73. The van der Waals surface area contributed by atoms with E-state index < -0.39 is 0 Å². The third kappa shape index (κ3) is 5.72. The monoisotopic (exact) mass is 734 g/mol. The van der Waals surface area contributed by atoms with E-state index in [0.717, 1.165) is 100 Å². The molecule has 0 fully saturated rings. The van der Waals surface area contributed by atoms with Crippen LogP contribution in [0.1, 0.15) is 44.8 Å². The molecule has 274 valence electrons. The van der Waals surface area contributed by atoms with Crippen LogP contribution in [-0.4, -0.2) is 19.9 Å². The molecule has 0 amide bonds. The van der Waals surface area contributed by atoms with Crippen molar-refractivity contribution in [2.24, 2.45) is 0 Å². The summed E-state index contributed by atoms with van der Waals surface area (Å²) in [5, 5.41) is 0. The van der Waals surface area contributed by atoms with Gasteiger partial charge in [-0.15, -0.1) is 0 Å². The van der Waals surface area contributed by atoms with E-state index in [1.165, 1.54) is 22.3 Å². The van der Waals surface area contributed by atoms with Crippen LogP contribution in [0.3, 0.4) is 0 Å². The molecule has 0 saturated heterocycles. The average Bonchev–Trinajstić information content (AvgIpc) is 3.98. The number of aromatic nitrogens is 4. The first kappa shape index (κ1) is 34.3. The summed E-state index contributed by atoms with van der Waals surface area (Å²) in [4.78, 5) is 17.7. The molecule has 4 heteroatoms. The first-order chi connectivity index (χ1) is 28.0. The summed E-state index contributed by atoms with van der Waals surface area (Å²) in [6.07, 6.45) is 0. The molecule has 57 heavy (non-hydrogen) atoms. The fourth-order valence-electron chi connectivity index (χ4n) is 8.66. The standard InChI is InChI=1S/C53H42N4/c1-32-34(3)50-49(40-28-18-9-19-29-40)51-35(4)33(2)42(55-51)31-44-46(37-22-12-6-13-23-37)48(39-26-16-8-17-27-39)53(57-44)52-47(38-24-14-7-15-25-38)45(36-20-10-5-11-21-36)43(56-52)30-41(32)54-50/h5-31,54-56H,1-4H3. The fraction of sp³-hybridized carbons (Fsp3) is 0.0755. The molecule has 4 aromatic heterocycles. The van der Waals surface area contributed by atoms with Gasteiger partial charge in [0.05, 0.1) is 27.9 Å². The van der Waals surface area contributed by atoms with Crippen LogP contribution < -0.4 is 0 Å². The first-order valence-corrected chi connectivity index (χ1v) is 19.7. The van der Waals surface area contributed by atoms with Crippen LogP contribution in [0.15, 0.2) is 164 Å². The Morgan fingerprint density at radius 3 is 1.21 bits per heavy atom. The molecule has 10 rings (SSSR count). The molecule has 0 aliphatic carbocycles. The van der Waals surface area contributed by atoms with E-state index in [2.05, 4.69) is 206 Å². The van der Waals surface area contributed by atoms with Crippen LogP contribution in [0.25, 0.3) is 77.6 Å². The van der Waals surface area contributed by atoms with E-state index in [-0.39, 0.29) is 0 Å². The maximum Gasteiger partial charge on any atom is 0.0963 e. The number of nitrogens with one attached hydrogen (secondary N) is 3. The zero-order chi connectivity index (χ0) is 38.6. The van der Waals surface area contributed by atoms with E-state index in [4.69, 9.17) is 4.98 Å². The van der Waals surface area contributed by atoms with Crippen molar-refractivity contribution in [1.29, 1.82) is 0 Å². The quantitative estimate of drug-likeness (QED) is 0.162. The molecule has 5 aromatic carbocycles. The number of aromatic amines is 3. The van der Waals surface area contributed by atoms with Crippen molar-refractivity contribution in [2.45, 2.75) is 27.7 Å². The molecule has 0 unspecified atom stereocenters. The second-order valence-corrected chi connectivity index (χ2v) is 15.1. The van der Waals surface area contributed by atoms with E-state index in [1.807, 2.05) is 0 Å². The zero-order valence-electron chi connectivity index (χ0n) is 32.5. The van der Waals surface area contributed by atoms with Crippen LogP contribution >= 0.6 is 0 Å². The second kappa shape index (κ2) is 13.8. The number of benzene rings is 5. The summed E-state index contributed by atoms with van der Waals surface area (Å²) in [7, 11) is 0. The zero-order valence-corrected chi connectivity index (χ0v) is 32.5. The number of H-pyrrole nitrogens is 3. The molecule has 0 radical (unpaired) electrons. The second-order valence-electron chi connectivity index (χ2n) is 15.1. The Bertz CT molecular complexity index is 3110. The van der Waals surface area contributed by atoms with Crippen molar-refractivity contribution in [1.82, 2.24) is 19.9 Å². The summed E-state index contributed by atoms with van der Waals surface area (Å²) in [5.41, 5.74) is 24.2. The normalized spacial score (nSPS) is 12.1. The highest BCUT2D eigenvalue weighted by molar-refractivity contribution is 6.13. The Balaban J connectivity index is 1.50. The minimum atomic E-state index is 0.912. The molecule has 0 spiro atoms. The highest BCUT2D eigenvalue weighted by Gasteiger charge is 2.28. The summed E-state index contributed by atoms with van der Waals surface area (Å²) < 4.78 is 0. The first-order valence-electron chi connectivity index (χ1n) is 19.7. The molecule has 8 bridgehead atoms. The fourth-order valence-corrected chi connectivity index (χ4v) is 8.66. The molecule has 9 aromatic rings. The Labute approximate surface area is 332 Å². The minimum Gasteiger partial charge on any atom is -0.354 e. The van der Waals surface area contributed by atoms with Crippen LogP contribution in [0.2, 0.25) is 0 Å². The van der Waals surface area contributed by atoms with Crippen molar-refractivity contribution < 1.29 is 0 Å². The molecule has 4 nitrogen and oxygen atoms in total. The van der Waals surface area contributed by atoms with Crippen LogP contribution in [0.5, 0.6) is 0 Å². The molecule has 1 aliphatic rings. The molecule has 5 heterocycles. The van der Waals surface area contributed by atoms with Gasteiger partial charge in [-0.2, -0.15) is 0 Å². The highest BCUT2D eigenvalue weighted by atomic mass is 14.8. The van der Waals surface area contributed by atoms with Crippen LogP contribution in [-0.2, 0) is 0 Å². The molecule has 0 saturated carbocycles. The van der Waals surface area contributed by atoms with Gasteiger partial charge in [-0.25, -0.2) is 4.98 Å². The van der Waals surface area contributed by atoms with Crippen molar-refractivity contribution in [3.05, 3.63) is 209 Å². The summed E-state index contributed by atoms with van der Waals surface area (Å²) in [5.74, 6) is 0. The van der Waals surface area contributed by atoms with Crippen LogP contribution in [0.4, 0.5) is 0 Å². The molecular weight excluding hydrogens is 693 g/mol. The summed E-state index contributed by atoms with van der Waals surface area (Å²) >= 11 is 0. The van der Waals surface area contributed by atoms with Gasteiger partial charge in [0.15, 0.2) is 0 Å². The van der Waals surface area contributed by atoms with E-state index >= 15 is 0 Å². The topological polar surface area (TPSA) is 60.3 Å². The van der Waals surface area contributed by atoms with Gasteiger partial charge in [0.1, 0.15) is 0 Å². The van der Waals surface area contributed by atoms with Crippen molar-refractivity contribution in [2.75, 3.05) is 0 Å². The number of fused-ring (bicyclic) bond motifs is 9. The van der Waals surface area contributed by atoms with E-state index in [0.29, 0.717) is 0 Å². The number of nitrogens with zero attached hydrogens (tertiary/aromatic N) is 1. The Morgan fingerprint density at radius 2 is 0.719 bits per heavy atom. The van der Waals surface area contributed by atoms with Crippen molar-refractivity contribution in [3.8, 4) is 33.4 Å². The van der Waals surface area contributed by atoms with Gasteiger partial charge in [0, 0.05) is 44.4 Å². The predicted molar refractivity (Wildman–Crippen MR) is 239 cm³/mol. The van der Waals surface area contributed by atoms with Crippen molar-refractivity contribution in [3.63, 3.8) is 0 Å². The number of hydrogen-bond acceptors (Lipinski definition) is 1. The lowest BCUT2D eigenvalue weighted by Crippen LogP contribution is -1.92. The van der Waals surface area contributed by atoms with E-state index in [1.54, 1.807) is 0 Å². The molecular formula is C53H42N4. The summed E-state index contributed by atoms with van der Waals surface area (Å²) in [6, 6.07) is 58.3. The van der Waals surface area contributed by atoms with Crippen LogP contribution in [0, 0.1) is 27.7 Å². The SMILES string of the molecule is Cc1c(C)c2[nH]c1cc1nc(c3[nH]c(cc4[nH]c(c(C)c4C)c2-c2ccccc2)c(-c2ccccc2)c3-c2ccccc2)C(c2ccccc2)=C1c1ccccc1. The number of rotatable bonds is 5. The highest BCUT2D eigenvalue weighted by Crippen LogP contribution is 2.47. The number of hydrogen-bond donors (Lipinski definition) is 3. The maximum atomic E-state index is 5.73. The third-order valence-electron chi connectivity index (χ3n) is 11.8. The molecule has 1 aliphatic heterocycles. The lowest BCUT2D eigenvalue weighted by molar-refractivity contribution is 1.30. The Hall–Kier alpha value is -7.17. The Morgan fingerprint density at radius 1 is 0.333 bits per heavy atom. The number of aryl methyl sites for hydroxylation is 4. The minimum absolute atomic E-state index is 0.912. The van der Waals surface area contributed by atoms with Gasteiger partial charge >= 0.3 is 0 Å². The van der Waals surface area contributed by atoms with Gasteiger partial charge in [-0.05, 0) is 89.9 Å². The predicted octanol–water partition coefficient (Wildman–Crippen LogP) is 13.8. The molecule has 0 atom stereocenters. The van der Waals surface area contributed by atoms with E-state index in [9.17, 15) is 0 Å². The smallest absolute Gasteiger partial charge is 0.0963 e. The van der Waals surface area contributed by atoms with Gasteiger partial charge in [0.25, 0.3) is 0 Å². The van der Waals surface area contributed by atoms with Gasteiger partial charge < -0.3 is 15.0 Å².